The average molecular weight is 198 g/mol. The van der Waals surface area contributed by atoms with Crippen molar-refractivity contribution in [3.8, 4) is 0 Å². The van der Waals surface area contributed by atoms with Crippen molar-refractivity contribution in [3.63, 3.8) is 0 Å². The molecule has 0 saturated carbocycles. The molecule has 1 amide bonds. The van der Waals surface area contributed by atoms with E-state index >= 15 is 0 Å². The van der Waals surface area contributed by atoms with Crippen LogP contribution in [0.5, 0.6) is 0 Å². The lowest BCUT2D eigenvalue weighted by atomic mass is 9.90. The number of rotatable bonds is 3. The minimum absolute atomic E-state index is 0.202. The number of hydrogen-bond donors (Lipinski definition) is 2. The molecule has 0 unspecified atom stereocenters. The Balaban J connectivity index is 2.15. The van der Waals surface area contributed by atoms with Crippen molar-refractivity contribution in [1.29, 1.82) is 0 Å². The van der Waals surface area contributed by atoms with Gasteiger partial charge in [0, 0.05) is 19.0 Å². The largest absolute Gasteiger partial charge is 0.352 e. The molecule has 0 spiro atoms. The first-order valence-electron chi connectivity index (χ1n) is 5.47. The van der Waals surface area contributed by atoms with Gasteiger partial charge >= 0.3 is 0 Å². The molecule has 0 aliphatic carbocycles. The maximum absolute atomic E-state index is 11.5. The minimum Gasteiger partial charge on any atom is -0.352 e. The van der Waals surface area contributed by atoms with Crippen molar-refractivity contribution in [2.45, 2.75) is 46.1 Å². The summed E-state index contributed by atoms with van der Waals surface area (Å²) in [6, 6.07) is 0.363. The molecule has 1 saturated heterocycles. The molecule has 14 heavy (non-hydrogen) atoms. The van der Waals surface area contributed by atoms with Crippen molar-refractivity contribution in [1.82, 2.24) is 10.6 Å². The molecular formula is C11H22N2O. The van der Waals surface area contributed by atoms with Crippen LogP contribution in [0.1, 0.15) is 40.0 Å². The van der Waals surface area contributed by atoms with Crippen molar-refractivity contribution in [2.75, 3.05) is 13.1 Å². The van der Waals surface area contributed by atoms with Gasteiger partial charge in [0.2, 0.25) is 5.91 Å². The van der Waals surface area contributed by atoms with Gasteiger partial charge in [0.1, 0.15) is 0 Å². The standard InChI is InChI=1S/C11H22N2O/c1-11(2,3)6-4-10(14)13-9-5-7-12-8-9/h9,12H,4-8H2,1-3H3,(H,13,14)/t9-/m0/s1. The lowest BCUT2D eigenvalue weighted by Gasteiger charge is -2.18. The number of carbonyl (C=O) groups excluding carboxylic acids is 1. The van der Waals surface area contributed by atoms with E-state index in [9.17, 15) is 4.79 Å². The summed E-state index contributed by atoms with van der Waals surface area (Å²) in [5, 5.41) is 6.29. The van der Waals surface area contributed by atoms with E-state index in [2.05, 4.69) is 31.4 Å². The van der Waals surface area contributed by atoms with Crippen LogP contribution >= 0.6 is 0 Å². The molecule has 0 aromatic heterocycles. The number of hydrogen-bond acceptors (Lipinski definition) is 2. The maximum Gasteiger partial charge on any atom is 0.220 e. The monoisotopic (exact) mass is 198 g/mol. The summed E-state index contributed by atoms with van der Waals surface area (Å²) in [6.07, 6.45) is 2.68. The molecule has 0 aromatic rings. The lowest BCUT2D eigenvalue weighted by molar-refractivity contribution is -0.122. The summed E-state index contributed by atoms with van der Waals surface area (Å²) in [5.74, 6) is 0.202. The van der Waals surface area contributed by atoms with Crippen LogP contribution in [0, 0.1) is 5.41 Å². The van der Waals surface area contributed by atoms with E-state index in [0.717, 1.165) is 25.9 Å². The van der Waals surface area contributed by atoms with E-state index in [1.807, 2.05) is 0 Å². The summed E-state index contributed by atoms with van der Waals surface area (Å²) < 4.78 is 0. The van der Waals surface area contributed by atoms with Crippen LogP contribution in [0.25, 0.3) is 0 Å². The van der Waals surface area contributed by atoms with Crippen LogP contribution in [-0.2, 0) is 4.79 Å². The normalized spacial score (nSPS) is 22.4. The minimum atomic E-state index is 0.202. The Morgan fingerprint density at radius 1 is 1.50 bits per heavy atom. The van der Waals surface area contributed by atoms with E-state index in [0.29, 0.717) is 12.5 Å². The highest BCUT2D eigenvalue weighted by molar-refractivity contribution is 5.76. The molecule has 2 N–H and O–H groups in total. The Labute approximate surface area is 86.6 Å². The Bertz CT molecular complexity index is 190. The molecule has 82 valence electrons. The smallest absolute Gasteiger partial charge is 0.220 e. The average Bonchev–Trinajstić information content (AvgIpc) is 2.52. The highest BCUT2D eigenvalue weighted by Gasteiger charge is 2.18. The van der Waals surface area contributed by atoms with Crippen LogP contribution in [0.15, 0.2) is 0 Å². The van der Waals surface area contributed by atoms with Gasteiger partial charge in [-0.1, -0.05) is 20.8 Å². The zero-order chi connectivity index (χ0) is 10.6. The van der Waals surface area contributed by atoms with Crippen LogP contribution < -0.4 is 10.6 Å². The maximum atomic E-state index is 11.5. The Kier molecular flexibility index (Phi) is 3.93. The number of carbonyl (C=O) groups is 1. The Hall–Kier alpha value is -0.570. The molecule has 3 nitrogen and oxygen atoms in total. The third-order valence-corrected chi connectivity index (χ3v) is 2.53. The summed E-state index contributed by atoms with van der Waals surface area (Å²) >= 11 is 0. The van der Waals surface area contributed by atoms with Crippen molar-refractivity contribution in [2.24, 2.45) is 5.41 Å². The molecule has 3 heteroatoms. The van der Waals surface area contributed by atoms with Crippen LogP contribution in [-0.4, -0.2) is 25.0 Å². The van der Waals surface area contributed by atoms with Gasteiger partial charge in [-0.3, -0.25) is 4.79 Å². The molecule has 1 atom stereocenters. The molecule has 1 aliphatic rings. The van der Waals surface area contributed by atoms with Crippen molar-refractivity contribution >= 4 is 5.91 Å². The fourth-order valence-electron chi connectivity index (χ4n) is 1.57. The molecular weight excluding hydrogens is 176 g/mol. The van der Waals surface area contributed by atoms with Crippen molar-refractivity contribution < 1.29 is 4.79 Å². The van der Waals surface area contributed by atoms with Gasteiger partial charge in [-0.05, 0) is 24.8 Å². The molecule has 0 aromatic carbocycles. The zero-order valence-corrected chi connectivity index (χ0v) is 9.52. The third-order valence-electron chi connectivity index (χ3n) is 2.53. The first kappa shape index (κ1) is 11.5. The molecule has 0 radical (unpaired) electrons. The van der Waals surface area contributed by atoms with Gasteiger partial charge in [-0.25, -0.2) is 0 Å². The first-order valence-corrected chi connectivity index (χ1v) is 5.47. The van der Waals surface area contributed by atoms with Crippen LogP contribution in [0.2, 0.25) is 0 Å². The second-order valence-corrected chi connectivity index (χ2v) is 5.32. The van der Waals surface area contributed by atoms with Gasteiger partial charge in [0.15, 0.2) is 0 Å². The van der Waals surface area contributed by atoms with E-state index in [1.54, 1.807) is 0 Å². The third kappa shape index (κ3) is 4.61. The van der Waals surface area contributed by atoms with Gasteiger partial charge < -0.3 is 10.6 Å². The van der Waals surface area contributed by atoms with E-state index in [-0.39, 0.29) is 11.3 Å². The zero-order valence-electron chi connectivity index (χ0n) is 9.52. The summed E-state index contributed by atoms with van der Waals surface area (Å²) in [7, 11) is 0. The van der Waals surface area contributed by atoms with Crippen LogP contribution in [0.4, 0.5) is 0 Å². The summed E-state index contributed by atoms with van der Waals surface area (Å²) in [4.78, 5) is 11.5. The lowest BCUT2D eigenvalue weighted by Crippen LogP contribution is -2.36. The van der Waals surface area contributed by atoms with E-state index in [1.165, 1.54) is 0 Å². The number of amides is 1. The van der Waals surface area contributed by atoms with Gasteiger partial charge in [0.25, 0.3) is 0 Å². The van der Waals surface area contributed by atoms with Gasteiger partial charge in [0.05, 0.1) is 0 Å². The first-order chi connectivity index (χ1) is 6.47. The van der Waals surface area contributed by atoms with E-state index < -0.39 is 0 Å². The topological polar surface area (TPSA) is 41.1 Å². The quantitative estimate of drug-likeness (QED) is 0.717. The molecule has 0 bridgehead atoms. The second-order valence-electron chi connectivity index (χ2n) is 5.32. The summed E-state index contributed by atoms with van der Waals surface area (Å²) in [5.41, 5.74) is 0.255. The fraction of sp³-hybridized carbons (Fsp3) is 0.909. The highest BCUT2D eigenvalue weighted by atomic mass is 16.1. The van der Waals surface area contributed by atoms with Gasteiger partial charge in [-0.15, -0.1) is 0 Å². The SMILES string of the molecule is CC(C)(C)CCC(=O)N[C@H]1CCNC1. The Morgan fingerprint density at radius 3 is 2.71 bits per heavy atom. The predicted octanol–water partition coefficient (Wildman–Crippen LogP) is 1.29. The fourth-order valence-corrected chi connectivity index (χ4v) is 1.57. The Morgan fingerprint density at radius 2 is 2.21 bits per heavy atom. The van der Waals surface area contributed by atoms with E-state index in [4.69, 9.17) is 0 Å². The highest BCUT2D eigenvalue weighted by Crippen LogP contribution is 2.20. The predicted molar refractivity (Wildman–Crippen MR) is 58.1 cm³/mol. The molecule has 1 heterocycles. The molecule has 1 fully saturated rings. The van der Waals surface area contributed by atoms with Crippen molar-refractivity contribution in [3.05, 3.63) is 0 Å². The number of nitrogens with one attached hydrogen (secondary N) is 2. The van der Waals surface area contributed by atoms with Crippen LogP contribution in [0.3, 0.4) is 0 Å². The summed E-state index contributed by atoms with van der Waals surface area (Å²) in [6.45, 7) is 8.46. The molecule has 1 aliphatic heterocycles. The second kappa shape index (κ2) is 4.78. The van der Waals surface area contributed by atoms with Gasteiger partial charge in [-0.2, -0.15) is 0 Å². The molecule has 1 rings (SSSR count).